The van der Waals surface area contributed by atoms with Crippen LogP contribution in [0.5, 0.6) is 0 Å². The number of nitrogens with one attached hydrogen (secondary N) is 1. The number of pyridine rings is 1. The average Bonchev–Trinajstić information content (AvgIpc) is 2.39. The third-order valence-corrected chi connectivity index (χ3v) is 4.68. The second-order valence-electron chi connectivity index (χ2n) is 4.50. The van der Waals surface area contributed by atoms with Crippen molar-refractivity contribution >= 4 is 26.6 Å². The summed E-state index contributed by atoms with van der Waals surface area (Å²) < 4.78 is 26.8. The molecule has 0 radical (unpaired) electrons. The lowest BCUT2D eigenvalue weighted by Crippen LogP contribution is -2.26. The topological polar surface area (TPSA) is 82.8 Å². The first kappa shape index (κ1) is 14.3. The van der Waals surface area contributed by atoms with Gasteiger partial charge < -0.3 is 0 Å². The highest BCUT2D eigenvalue weighted by molar-refractivity contribution is 7.93. The van der Waals surface area contributed by atoms with Gasteiger partial charge in [0.2, 0.25) is 10.0 Å². The maximum Gasteiger partial charge on any atom is 0.249 e. The number of anilines is 1. The molecule has 20 heavy (non-hydrogen) atoms. The maximum absolute atomic E-state index is 12.2. The van der Waals surface area contributed by atoms with Gasteiger partial charge in [0, 0.05) is 11.1 Å². The molecule has 1 N–H and O–H groups in total. The van der Waals surface area contributed by atoms with E-state index in [1.807, 2.05) is 24.3 Å². The van der Waals surface area contributed by atoms with Crippen molar-refractivity contribution < 1.29 is 8.42 Å². The summed E-state index contributed by atoms with van der Waals surface area (Å²) in [7, 11) is -3.72. The number of para-hydroxylation sites is 1. The minimum Gasteiger partial charge on any atom is -0.282 e. The van der Waals surface area contributed by atoms with E-state index in [1.165, 1.54) is 0 Å². The molecule has 1 atom stereocenters. The lowest BCUT2D eigenvalue weighted by molar-refractivity contribution is 0.593. The number of nitrogens with zero attached hydrogens (tertiary/aromatic N) is 2. The van der Waals surface area contributed by atoms with Gasteiger partial charge in [0.05, 0.1) is 17.3 Å². The molecule has 0 spiro atoms. The van der Waals surface area contributed by atoms with Crippen molar-refractivity contribution in [1.29, 1.82) is 5.26 Å². The molecule has 1 aromatic carbocycles. The summed E-state index contributed by atoms with van der Waals surface area (Å²) in [5.41, 5.74) is 1.89. The van der Waals surface area contributed by atoms with Gasteiger partial charge in [-0.1, -0.05) is 25.1 Å². The normalized spacial score (nSPS) is 12.8. The predicted molar refractivity (Wildman–Crippen MR) is 78.7 cm³/mol. The molecule has 0 aliphatic rings. The molecule has 1 unspecified atom stereocenters. The van der Waals surface area contributed by atoms with Crippen LogP contribution in [0, 0.1) is 18.3 Å². The summed E-state index contributed by atoms with van der Waals surface area (Å²) in [5, 5.41) is 8.58. The Labute approximate surface area is 118 Å². The zero-order valence-corrected chi connectivity index (χ0v) is 12.1. The third kappa shape index (κ3) is 2.73. The van der Waals surface area contributed by atoms with Crippen LogP contribution in [0.2, 0.25) is 0 Å². The molecule has 0 bridgehead atoms. The quantitative estimate of drug-likeness (QED) is 0.937. The summed E-state index contributed by atoms with van der Waals surface area (Å²) in [5.74, 6) is 0. The molecule has 2 rings (SSSR count). The van der Waals surface area contributed by atoms with E-state index >= 15 is 0 Å². The van der Waals surface area contributed by atoms with E-state index in [9.17, 15) is 8.42 Å². The molecule has 1 aromatic heterocycles. The number of nitriles is 1. The van der Waals surface area contributed by atoms with Crippen LogP contribution in [0.3, 0.4) is 0 Å². The van der Waals surface area contributed by atoms with E-state index in [0.717, 1.165) is 10.9 Å². The Morgan fingerprint density at radius 2 is 2.10 bits per heavy atom. The summed E-state index contributed by atoms with van der Waals surface area (Å²) >= 11 is 0. The minimum absolute atomic E-state index is 0.244. The lowest BCUT2D eigenvalue weighted by Gasteiger charge is -2.13. The van der Waals surface area contributed by atoms with Crippen molar-refractivity contribution in [2.75, 3.05) is 4.72 Å². The fraction of sp³-hybridized carbons (Fsp3) is 0.286. The summed E-state index contributed by atoms with van der Waals surface area (Å²) in [6.07, 6.45) is 0.244. The van der Waals surface area contributed by atoms with Crippen LogP contribution in [0.15, 0.2) is 30.3 Å². The molecule has 1 heterocycles. The van der Waals surface area contributed by atoms with Crippen LogP contribution < -0.4 is 4.72 Å². The van der Waals surface area contributed by atoms with Gasteiger partial charge in [0.25, 0.3) is 0 Å². The summed E-state index contributed by atoms with van der Waals surface area (Å²) in [4.78, 5) is 4.35. The van der Waals surface area contributed by atoms with Crippen LogP contribution in [0.4, 0.5) is 5.69 Å². The van der Waals surface area contributed by atoms with Crippen molar-refractivity contribution in [2.45, 2.75) is 25.5 Å². The second-order valence-corrected chi connectivity index (χ2v) is 6.36. The van der Waals surface area contributed by atoms with Crippen molar-refractivity contribution in [1.82, 2.24) is 4.98 Å². The fourth-order valence-electron chi connectivity index (χ4n) is 2.00. The molecule has 0 amide bonds. The van der Waals surface area contributed by atoms with Crippen LogP contribution >= 0.6 is 0 Å². The zero-order valence-electron chi connectivity index (χ0n) is 11.3. The van der Waals surface area contributed by atoms with Crippen LogP contribution in [0.1, 0.15) is 19.0 Å². The summed E-state index contributed by atoms with van der Waals surface area (Å²) in [6.45, 7) is 3.47. The molecule has 0 aliphatic carbocycles. The fourth-order valence-corrected chi connectivity index (χ4v) is 3.19. The monoisotopic (exact) mass is 289 g/mol. The number of aromatic nitrogens is 1. The molecule has 0 fully saturated rings. The van der Waals surface area contributed by atoms with Crippen LogP contribution in [-0.2, 0) is 10.0 Å². The SMILES string of the molecule is CCC(C#N)S(=O)(=O)Nc1cc(C)nc2ccccc12. The van der Waals surface area contributed by atoms with E-state index < -0.39 is 15.3 Å². The number of hydrogen-bond acceptors (Lipinski definition) is 4. The van der Waals surface area contributed by atoms with Crippen LogP contribution in [0.25, 0.3) is 10.9 Å². The molecular formula is C14H15N3O2S. The molecule has 0 saturated carbocycles. The minimum atomic E-state index is -3.72. The molecule has 5 nitrogen and oxygen atoms in total. The highest BCUT2D eigenvalue weighted by Crippen LogP contribution is 2.24. The first-order valence-corrected chi connectivity index (χ1v) is 7.80. The van der Waals surface area contributed by atoms with Gasteiger partial charge in [-0.15, -0.1) is 0 Å². The van der Waals surface area contributed by atoms with Gasteiger partial charge in [-0.3, -0.25) is 9.71 Å². The van der Waals surface area contributed by atoms with Crippen LogP contribution in [-0.4, -0.2) is 18.7 Å². The first-order valence-electron chi connectivity index (χ1n) is 6.25. The van der Waals surface area contributed by atoms with Gasteiger partial charge in [-0.25, -0.2) is 8.42 Å². The Morgan fingerprint density at radius 3 is 2.75 bits per heavy atom. The van der Waals surface area contributed by atoms with E-state index in [1.54, 1.807) is 26.0 Å². The van der Waals surface area contributed by atoms with E-state index in [-0.39, 0.29) is 6.42 Å². The van der Waals surface area contributed by atoms with Crippen molar-refractivity contribution in [3.05, 3.63) is 36.0 Å². The second kappa shape index (κ2) is 5.47. The van der Waals surface area contributed by atoms with Gasteiger partial charge in [0.15, 0.2) is 5.25 Å². The van der Waals surface area contributed by atoms with Gasteiger partial charge in [-0.2, -0.15) is 5.26 Å². The van der Waals surface area contributed by atoms with Gasteiger partial charge >= 0.3 is 0 Å². The van der Waals surface area contributed by atoms with Crippen molar-refractivity contribution in [3.63, 3.8) is 0 Å². The Balaban J connectivity index is 2.52. The highest BCUT2D eigenvalue weighted by atomic mass is 32.2. The van der Waals surface area contributed by atoms with E-state index in [0.29, 0.717) is 11.4 Å². The van der Waals surface area contributed by atoms with Gasteiger partial charge in [-0.05, 0) is 25.5 Å². The average molecular weight is 289 g/mol. The van der Waals surface area contributed by atoms with Gasteiger partial charge in [0.1, 0.15) is 0 Å². The number of sulfonamides is 1. The number of hydrogen-bond donors (Lipinski definition) is 1. The smallest absolute Gasteiger partial charge is 0.249 e. The molecular weight excluding hydrogens is 274 g/mol. The van der Waals surface area contributed by atoms with E-state index in [2.05, 4.69) is 9.71 Å². The molecule has 6 heteroatoms. The largest absolute Gasteiger partial charge is 0.282 e. The standard InChI is InChI=1S/C14H15N3O2S/c1-3-11(9-15)20(18,19)17-14-8-10(2)16-13-7-5-4-6-12(13)14/h4-8,11H,3H2,1-2H3,(H,16,17). The Hall–Kier alpha value is -2.13. The Kier molecular flexibility index (Phi) is 3.91. The summed E-state index contributed by atoms with van der Waals surface area (Å²) in [6, 6.07) is 10.8. The predicted octanol–water partition coefficient (Wildman–Crippen LogP) is 2.59. The number of fused-ring (bicyclic) bond motifs is 1. The number of rotatable bonds is 4. The zero-order chi connectivity index (χ0) is 14.8. The van der Waals surface area contributed by atoms with E-state index in [4.69, 9.17) is 5.26 Å². The number of benzene rings is 1. The number of aryl methyl sites for hydroxylation is 1. The maximum atomic E-state index is 12.2. The molecule has 104 valence electrons. The molecule has 0 saturated heterocycles. The van der Waals surface area contributed by atoms with Crippen molar-refractivity contribution in [3.8, 4) is 6.07 Å². The highest BCUT2D eigenvalue weighted by Gasteiger charge is 2.24. The molecule has 2 aromatic rings. The first-order chi connectivity index (χ1) is 9.47. The lowest BCUT2D eigenvalue weighted by atomic mass is 10.2. The third-order valence-electron chi connectivity index (χ3n) is 2.99. The molecule has 0 aliphatic heterocycles. The Bertz CT molecular complexity index is 779. The van der Waals surface area contributed by atoms with Crippen molar-refractivity contribution in [2.24, 2.45) is 0 Å². The Morgan fingerprint density at radius 1 is 1.40 bits per heavy atom.